The van der Waals surface area contributed by atoms with Gasteiger partial charge in [0.25, 0.3) is 0 Å². The highest BCUT2D eigenvalue weighted by Gasteiger charge is 2.14. The van der Waals surface area contributed by atoms with Gasteiger partial charge in [-0.3, -0.25) is 9.67 Å². The molecule has 0 radical (unpaired) electrons. The first kappa shape index (κ1) is 12.8. The van der Waals surface area contributed by atoms with Crippen molar-refractivity contribution in [1.29, 1.82) is 0 Å². The molecule has 2 rings (SSSR count). The van der Waals surface area contributed by atoms with Crippen molar-refractivity contribution in [2.75, 3.05) is 6.54 Å². The van der Waals surface area contributed by atoms with Crippen LogP contribution in [0.15, 0.2) is 30.5 Å². The van der Waals surface area contributed by atoms with Gasteiger partial charge in [-0.25, -0.2) is 0 Å². The molecule has 0 bridgehead atoms. The predicted molar refractivity (Wildman–Crippen MR) is 72.3 cm³/mol. The third-order valence-corrected chi connectivity index (χ3v) is 2.90. The zero-order valence-electron chi connectivity index (χ0n) is 11.2. The minimum Gasteiger partial charge on any atom is -0.309 e. The van der Waals surface area contributed by atoms with Gasteiger partial charge in [-0.05, 0) is 31.7 Å². The molecule has 1 N–H and O–H groups in total. The Kier molecular flexibility index (Phi) is 4.10. The predicted octanol–water partition coefficient (Wildman–Crippen LogP) is 2.02. The quantitative estimate of drug-likeness (QED) is 0.875. The first-order chi connectivity index (χ1) is 8.69. The zero-order chi connectivity index (χ0) is 13.0. The van der Waals surface area contributed by atoms with E-state index in [1.54, 1.807) is 0 Å². The van der Waals surface area contributed by atoms with Crippen LogP contribution in [0, 0.1) is 6.92 Å². The number of aromatic nitrogens is 3. The highest BCUT2D eigenvalue weighted by Crippen LogP contribution is 2.15. The molecule has 0 spiro atoms. The summed E-state index contributed by atoms with van der Waals surface area (Å²) >= 11 is 0. The molecule has 0 aromatic carbocycles. The Morgan fingerprint density at radius 1 is 1.33 bits per heavy atom. The molecule has 2 aromatic heterocycles. The minimum atomic E-state index is 0.227. The van der Waals surface area contributed by atoms with Crippen LogP contribution in [0.1, 0.15) is 30.0 Å². The number of rotatable bonds is 5. The monoisotopic (exact) mass is 244 g/mol. The van der Waals surface area contributed by atoms with Crippen LogP contribution in [-0.4, -0.2) is 21.3 Å². The molecular weight excluding hydrogens is 224 g/mol. The fourth-order valence-corrected chi connectivity index (χ4v) is 2.07. The lowest BCUT2D eigenvalue weighted by Gasteiger charge is -2.16. The molecule has 2 heterocycles. The summed E-state index contributed by atoms with van der Waals surface area (Å²) in [6.07, 6.45) is 2.84. The molecule has 0 aliphatic heterocycles. The van der Waals surface area contributed by atoms with Crippen molar-refractivity contribution < 1.29 is 0 Å². The fourth-order valence-electron chi connectivity index (χ4n) is 2.07. The van der Waals surface area contributed by atoms with Gasteiger partial charge in [0.2, 0.25) is 0 Å². The Balaban J connectivity index is 2.17. The molecule has 18 heavy (non-hydrogen) atoms. The Labute approximate surface area is 108 Å². The second kappa shape index (κ2) is 5.78. The topological polar surface area (TPSA) is 42.7 Å². The second-order valence-electron chi connectivity index (χ2n) is 4.50. The Morgan fingerprint density at radius 3 is 2.78 bits per heavy atom. The summed E-state index contributed by atoms with van der Waals surface area (Å²) in [5.74, 6) is 0. The van der Waals surface area contributed by atoms with Crippen molar-refractivity contribution in [3.63, 3.8) is 0 Å². The summed E-state index contributed by atoms with van der Waals surface area (Å²) < 4.78 is 1.84. The summed E-state index contributed by atoms with van der Waals surface area (Å²) in [6.45, 7) is 5.06. The highest BCUT2D eigenvalue weighted by molar-refractivity contribution is 5.16. The summed E-state index contributed by atoms with van der Waals surface area (Å²) in [7, 11) is 1.94. The van der Waals surface area contributed by atoms with Gasteiger partial charge in [0.05, 0.1) is 17.4 Å². The molecule has 4 heteroatoms. The lowest BCUT2D eigenvalue weighted by Crippen LogP contribution is -2.24. The van der Waals surface area contributed by atoms with Crippen LogP contribution in [0.4, 0.5) is 0 Å². The van der Waals surface area contributed by atoms with Crippen LogP contribution in [0.3, 0.4) is 0 Å². The van der Waals surface area contributed by atoms with Gasteiger partial charge in [0.1, 0.15) is 0 Å². The smallest absolute Gasteiger partial charge is 0.0644 e. The van der Waals surface area contributed by atoms with E-state index in [2.05, 4.69) is 40.5 Å². The van der Waals surface area contributed by atoms with Crippen LogP contribution < -0.4 is 5.32 Å². The average molecular weight is 244 g/mol. The van der Waals surface area contributed by atoms with E-state index in [1.807, 2.05) is 30.9 Å². The molecule has 2 aromatic rings. The standard InChI is InChI=1S/C14H20N4/c1-4-15-14(10-12-8-9-18(3)17-12)13-7-5-6-11(2)16-13/h5-9,14-15H,4,10H2,1-3H3. The fraction of sp³-hybridized carbons (Fsp3) is 0.429. The summed E-state index contributed by atoms with van der Waals surface area (Å²) in [4.78, 5) is 4.60. The molecule has 0 fully saturated rings. The van der Waals surface area contributed by atoms with Crippen LogP contribution in [0.5, 0.6) is 0 Å². The van der Waals surface area contributed by atoms with E-state index in [1.165, 1.54) is 0 Å². The van der Waals surface area contributed by atoms with Crippen molar-refractivity contribution in [3.8, 4) is 0 Å². The van der Waals surface area contributed by atoms with E-state index < -0.39 is 0 Å². The number of hydrogen-bond donors (Lipinski definition) is 1. The summed E-state index contributed by atoms with van der Waals surface area (Å²) in [5, 5.41) is 7.90. The SMILES string of the molecule is CCNC(Cc1ccn(C)n1)c1cccc(C)n1. The van der Waals surface area contributed by atoms with E-state index in [9.17, 15) is 0 Å². The number of nitrogens with zero attached hydrogens (tertiary/aromatic N) is 3. The van der Waals surface area contributed by atoms with Crippen molar-refractivity contribution in [1.82, 2.24) is 20.1 Å². The molecule has 0 aliphatic rings. The van der Waals surface area contributed by atoms with E-state index in [4.69, 9.17) is 0 Å². The largest absolute Gasteiger partial charge is 0.309 e. The average Bonchev–Trinajstić information content (AvgIpc) is 2.74. The molecule has 1 atom stereocenters. The van der Waals surface area contributed by atoms with Gasteiger partial charge in [0, 0.05) is 25.4 Å². The van der Waals surface area contributed by atoms with Crippen molar-refractivity contribution >= 4 is 0 Å². The Bertz CT molecular complexity index is 504. The molecule has 0 aliphatic carbocycles. The third-order valence-electron chi connectivity index (χ3n) is 2.90. The van der Waals surface area contributed by atoms with Crippen LogP contribution in [-0.2, 0) is 13.5 Å². The van der Waals surface area contributed by atoms with Crippen molar-refractivity contribution in [2.24, 2.45) is 7.05 Å². The molecule has 0 saturated heterocycles. The number of likely N-dealkylation sites (N-methyl/N-ethyl adjacent to an activating group) is 1. The van der Waals surface area contributed by atoms with Crippen LogP contribution in [0.2, 0.25) is 0 Å². The molecule has 96 valence electrons. The van der Waals surface area contributed by atoms with Crippen molar-refractivity contribution in [3.05, 3.63) is 47.5 Å². The van der Waals surface area contributed by atoms with Gasteiger partial charge in [0.15, 0.2) is 0 Å². The normalized spacial score (nSPS) is 12.6. The number of aryl methyl sites for hydroxylation is 2. The second-order valence-corrected chi connectivity index (χ2v) is 4.50. The van der Waals surface area contributed by atoms with Gasteiger partial charge in [-0.1, -0.05) is 13.0 Å². The maximum absolute atomic E-state index is 4.60. The number of hydrogen-bond acceptors (Lipinski definition) is 3. The van der Waals surface area contributed by atoms with E-state index >= 15 is 0 Å². The minimum absolute atomic E-state index is 0.227. The van der Waals surface area contributed by atoms with Crippen molar-refractivity contribution in [2.45, 2.75) is 26.3 Å². The first-order valence-corrected chi connectivity index (χ1v) is 6.34. The van der Waals surface area contributed by atoms with E-state index in [0.29, 0.717) is 0 Å². The lowest BCUT2D eigenvalue weighted by molar-refractivity contribution is 0.526. The maximum atomic E-state index is 4.60. The summed E-state index contributed by atoms with van der Waals surface area (Å²) in [5.41, 5.74) is 3.23. The molecule has 1 unspecified atom stereocenters. The maximum Gasteiger partial charge on any atom is 0.0644 e. The van der Waals surface area contributed by atoms with Gasteiger partial charge in [-0.2, -0.15) is 5.10 Å². The van der Waals surface area contributed by atoms with Gasteiger partial charge < -0.3 is 5.32 Å². The zero-order valence-corrected chi connectivity index (χ0v) is 11.2. The number of nitrogens with one attached hydrogen (secondary N) is 1. The van der Waals surface area contributed by atoms with E-state index in [0.717, 1.165) is 30.0 Å². The van der Waals surface area contributed by atoms with Crippen LogP contribution >= 0.6 is 0 Å². The van der Waals surface area contributed by atoms with Gasteiger partial charge >= 0.3 is 0 Å². The number of pyridine rings is 1. The summed E-state index contributed by atoms with van der Waals surface area (Å²) in [6, 6.07) is 8.43. The van der Waals surface area contributed by atoms with E-state index in [-0.39, 0.29) is 6.04 Å². The van der Waals surface area contributed by atoms with Crippen LogP contribution in [0.25, 0.3) is 0 Å². The molecule has 4 nitrogen and oxygen atoms in total. The first-order valence-electron chi connectivity index (χ1n) is 6.34. The Hall–Kier alpha value is -1.68. The molecule has 0 saturated carbocycles. The molecular formula is C14H20N4. The lowest BCUT2D eigenvalue weighted by atomic mass is 10.1. The third kappa shape index (κ3) is 3.17. The highest BCUT2D eigenvalue weighted by atomic mass is 15.2. The molecule has 0 amide bonds. The van der Waals surface area contributed by atoms with Gasteiger partial charge in [-0.15, -0.1) is 0 Å². The Morgan fingerprint density at radius 2 is 2.17 bits per heavy atom.